The molecular weight excluding hydrogens is 390 g/mol. The van der Waals surface area contributed by atoms with Gasteiger partial charge in [0.05, 0.1) is 24.6 Å². The predicted molar refractivity (Wildman–Crippen MR) is 94.8 cm³/mol. The summed E-state index contributed by atoms with van der Waals surface area (Å²) in [7, 11) is 1.59. The van der Waals surface area contributed by atoms with Crippen molar-refractivity contribution in [2.24, 2.45) is 5.92 Å². The quantitative estimate of drug-likeness (QED) is 0.689. The maximum atomic E-state index is 12.4. The van der Waals surface area contributed by atoms with Gasteiger partial charge >= 0.3 is 5.97 Å². The van der Waals surface area contributed by atoms with E-state index in [4.69, 9.17) is 4.74 Å². The van der Waals surface area contributed by atoms with Gasteiger partial charge in [-0.2, -0.15) is 0 Å². The molecule has 0 bridgehead atoms. The molecule has 0 N–H and O–H groups in total. The molecule has 2 rings (SSSR count). The number of hydrogen-bond acceptors (Lipinski definition) is 5. The molecule has 0 atom stereocenters. The van der Waals surface area contributed by atoms with Crippen LogP contribution in [0.2, 0.25) is 0 Å². The highest BCUT2D eigenvalue weighted by atomic mass is 79.9. The molecule has 0 aromatic carbocycles. The molecule has 25 heavy (non-hydrogen) atoms. The van der Waals surface area contributed by atoms with Gasteiger partial charge in [-0.25, -0.2) is 0 Å². The van der Waals surface area contributed by atoms with E-state index in [-0.39, 0.29) is 30.2 Å². The van der Waals surface area contributed by atoms with Gasteiger partial charge in [0.1, 0.15) is 0 Å². The van der Waals surface area contributed by atoms with E-state index in [9.17, 15) is 14.4 Å². The van der Waals surface area contributed by atoms with Crippen molar-refractivity contribution in [1.29, 1.82) is 0 Å². The zero-order valence-corrected chi connectivity index (χ0v) is 16.0. The number of piperidine rings is 1. The van der Waals surface area contributed by atoms with Crippen LogP contribution in [-0.2, 0) is 14.3 Å². The molecule has 0 aliphatic carbocycles. The Bertz CT molecular complexity index is 645. The summed E-state index contributed by atoms with van der Waals surface area (Å²) in [5.41, 5.74) is 0.422. The fourth-order valence-electron chi connectivity index (χ4n) is 2.75. The molecule has 1 aliphatic rings. The Morgan fingerprint density at radius 2 is 2.00 bits per heavy atom. The molecule has 2 heterocycles. The number of likely N-dealkylation sites (N-methyl/N-ethyl adjacent to an activating group) is 1. The average molecular weight is 412 g/mol. The lowest BCUT2D eigenvalue weighted by Crippen LogP contribution is -2.45. The molecule has 1 aromatic heterocycles. The third-order valence-electron chi connectivity index (χ3n) is 4.14. The molecule has 136 valence electrons. The number of ether oxygens (including phenoxy) is 1. The molecule has 0 radical (unpaired) electrons. The van der Waals surface area contributed by atoms with Crippen LogP contribution in [0.5, 0.6) is 0 Å². The van der Waals surface area contributed by atoms with Crippen molar-refractivity contribution >= 4 is 33.7 Å². The summed E-state index contributed by atoms with van der Waals surface area (Å²) in [6, 6.07) is 1.67. The minimum absolute atomic E-state index is 0.00454. The molecule has 0 spiro atoms. The molecule has 1 fully saturated rings. The second-order valence-corrected chi connectivity index (χ2v) is 6.88. The number of carbonyl (C=O) groups is 3. The maximum absolute atomic E-state index is 12.4. The third kappa shape index (κ3) is 5.26. The zero-order chi connectivity index (χ0) is 18.4. The van der Waals surface area contributed by atoms with Crippen LogP contribution in [0.15, 0.2) is 22.9 Å². The second-order valence-electron chi connectivity index (χ2n) is 5.96. The van der Waals surface area contributed by atoms with Crippen LogP contribution in [-0.4, -0.2) is 65.9 Å². The monoisotopic (exact) mass is 411 g/mol. The largest absolute Gasteiger partial charge is 0.466 e. The first-order valence-electron chi connectivity index (χ1n) is 8.22. The van der Waals surface area contributed by atoms with Gasteiger partial charge in [-0.3, -0.25) is 19.4 Å². The minimum atomic E-state index is -0.261. The van der Waals surface area contributed by atoms with Crippen molar-refractivity contribution in [2.75, 3.05) is 33.3 Å². The highest BCUT2D eigenvalue weighted by Gasteiger charge is 2.29. The number of esters is 1. The Balaban J connectivity index is 1.86. The van der Waals surface area contributed by atoms with Crippen molar-refractivity contribution in [3.05, 3.63) is 28.5 Å². The van der Waals surface area contributed by atoms with E-state index in [1.54, 1.807) is 31.1 Å². The van der Waals surface area contributed by atoms with E-state index in [0.29, 0.717) is 42.6 Å². The number of hydrogen-bond donors (Lipinski definition) is 0. The fourth-order valence-corrected chi connectivity index (χ4v) is 3.11. The van der Waals surface area contributed by atoms with Gasteiger partial charge < -0.3 is 14.5 Å². The van der Waals surface area contributed by atoms with Crippen LogP contribution in [0.4, 0.5) is 0 Å². The Morgan fingerprint density at radius 1 is 1.32 bits per heavy atom. The Kier molecular flexibility index (Phi) is 6.92. The summed E-state index contributed by atoms with van der Waals surface area (Å²) in [5.74, 6) is -0.718. The Labute approximate surface area is 155 Å². The lowest BCUT2D eigenvalue weighted by atomic mass is 9.97. The maximum Gasteiger partial charge on any atom is 0.309 e. The van der Waals surface area contributed by atoms with Crippen LogP contribution in [0.3, 0.4) is 0 Å². The predicted octanol–water partition coefficient (Wildman–Crippen LogP) is 1.72. The van der Waals surface area contributed by atoms with Crippen molar-refractivity contribution in [3.8, 4) is 0 Å². The average Bonchev–Trinajstić information content (AvgIpc) is 2.61. The lowest BCUT2D eigenvalue weighted by molar-refractivity contribution is -0.151. The van der Waals surface area contributed by atoms with Gasteiger partial charge in [0, 0.05) is 37.0 Å². The number of nitrogens with zero attached hydrogens (tertiary/aromatic N) is 3. The molecular formula is C17H22BrN3O4. The van der Waals surface area contributed by atoms with Crippen molar-refractivity contribution < 1.29 is 19.1 Å². The van der Waals surface area contributed by atoms with Crippen molar-refractivity contribution in [3.63, 3.8) is 0 Å². The molecule has 1 aromatic rings. The second kappa shape index (κ2) is 8.94. The van der Waals surface area contributed by atoms with Crippen LogP contribution in [0.25, 0.3) is 0 Å². The molecule has 8 heteroatoms. The summed E-state index contributed by atoms with van der Waals surface area (Å²) in [6.07, 6.45) is 4.25. The van der Waals surface area contributed by atoms with Gasteiger partial charge in [0.15, 0.2) is 0 Å². The number of amides is 2. The first-order valence-corrected chi connectivity index (χ1v) is 9.02. The number of aromatic nitrogens is 1. The molecule has 0 unspecified atom stereocenters. The Hall–Kier alpha value is -1.96. The fraction of sp³-hybridized carbons (Fsp3) is 0.529. The van der Waals surface area contributed by atoms with Crippen molar-refractivity contribution in [1.82, 2.24) is 14.8 Å². The van der Waals surface area contributed by atoms with Gasteiger partial charge in [-0.05, 0) is 41.8 Å². The Morgan fingerprint density at radius 3 is 2.60 bits per heavy atom. The number of carbonyl (C=O) groups excluding carboxylic acids is 3. The van der Waals surface area contributed by atoms with E-state index in [1.807, 2.05) is 0 Å². The number of likely N-dealkylation sites (tertiary alicyclic amines) is 1. The summed E-state index contributed by atoms with van der Waals surface area (Å²) in [5, 5.41) is 0. The molecule has 1 aliphatic heterocycles. The highest BCUT2D eigenvalue weighted by Crippen LogP contribution is 2.19. The van der Waals surface area contributed by atoms with Gasteiger partial charge in [0.2, 0.25) is 5.91 Å². The highest BCUT2D eigenvalue weighted by molar-refractivity contribution is 9.10. The smallest absolute Gasteiger partial charge is 0.309 e. The van der Waals surface area contributed by atoms with Gasteiger partial charge in [-0.15, -0.1) is 0 Å². The van der Waals surface area contributed by atoms with Crippen LogP contribution in [0.1, 0.15) is 30.1 Å². The van der Waals surface area contributed by atoms with Crippen molar-refractivity contribution in [2.45, 2.75) is 19.8 Å². The summed E-state index contributed by atoms with van der Waals surface area (Å²) < 4.78 is 5.73. The van der Waals surface area contributed by atoms with Gasteiger partial charge in [-0.1, -0.05) is 0 Å². The van der Waals surface area contributed by atoms with E-state index >= 15 is 0 Å². The van der Waals surface area contributed by atoms with Crippen LogP contribution in [0, 0.1) is 5.92 Å². The van der Waals surface area contributed by atoms with Crippen LogP contribution < -0.4 is 0 Å². The number of halogens is 1. The van der Waals surface area contributed by atoms with Crippen LogP contribution >= 0.6 is 15.9 Å². The molecule has 0 saturated carbocycles. The number of rotatable bonds is 5. The standard InChI is InChI=1S/C17H22BrN3O4/c1-3-25-17(24)12-4-6-21(7-5-12)15(22)11-20(2)16(23)13-8-14(18)10-19-9-13/h8-10,12H,3-7,11H2,1-2H3. The topological polar surface area (TPSA) is 79.8 Å². The first kappa shape index (κ1) is 19.4. The first-order chi connectivity index (χ1) is 11.9. The number of pyridine rings is 1. The lowest BCUT2D eigenvalue weighted by Gasteiger charge is -2.32. The summed E-state index contributed by atoms with van der Waals surface area (Å²) >= 11 is 3.28. The van der Waals surface area contributed by atoms with E-state index in [1.165, 1.54) is 11.1 Å². The van der Waals surface area contributed by atoms with E-state index in [0.717, 1.165) is 0 Å². The van der Waals surface area contributed by atoms with Gasteiger partial charge in [0.25, 0.3) is 5.91 Å². The normalized spacial score (nSPS) is 14.9. The molecule has 1 saturated heterocycles. The molecule has 7 nitrogen and oxygen atoms in total. The summed E-state index contributed by atoms with van der Waals surface area (Å²) in [6.45, 7) is 3.15. The molecule has 2 amide bonds. The minimum Gasteiger partial charge on any atom is -0.466 e. The third-order valence-corrected chi connectivity index (χ3v) is 4.57. The zero-order valence-electron chi connectivity index (χ0n) is 14.4. The summed E-state index contributed by atoms with van der Waals surface area (Å²) in [4.78, 5) is 43.5. The van der Waals surface area contributed by atoms with E-state index in [2.05, 4.69) is 20.9 Å². The SMILES string of the molecule is CCOC(=O)C1CCN(C(=O)CN(C)C(=O)c2cncc(Br)c2)CC1. The van der Waals surface area contributed by atoms with E-state index < -0.39 is 0 Å².